The standard InChI is InChI=1S/4Rb. The van der Waals surface area contributed by atoms with Crippen molar-refractivity contribution in [2.24, 2.45) is 0 Å². The van der Waals surface area contributed by atoms with Crippen LogP contribution in [0, 0.1) is 0 Å². The molecule has 0 saturated carbocycles. The summed E-state index contributed by atoms with van der Waals surface area (Å²) in [5.41, 5.74) is 0. The van der Waals surface area contributed by atoms with Crippen LogP contribution >= 0.6 is 0 Å². The van der Waals surface area contributed by atoms with Gasteiger partial charge in [0, 0.05) is 0 Å². The molecule has 0 rings (SSSR count). The van der Waals surface area contributed by atoms with E-state index in [0.29, 0.717) is 19.0 Å². The van der Waals surface area contributed by atoms with Crippen LogP contribution < -0.4 is 0 Å². The molecule has 0 N–H and O–H groups in total. The van der Waals surface area contributed by atoms with Crippen molar-refractivity contribution in [2.75, 3.05) is 0 Å². The molecular formula is Rb4. The van der Waals surface area contributed by atoms with Crippen LogP contribution in [0.15, 0.2) is 0 Å². The predicted molar refractivity (Wildman–Crippen MR) is 23.0 cm³/mol. The van der Waals surface area contributed by atoms with Gasteiger partial charge in [-0.1, -0.05) is 0 Å². The fraction of sp³-hybridized carbons (Fsp3) is 0. The molecule has 0 aliphatic carbocycles. The van der Waals surface area contributed by atoms with Gasteiger partial charge in [-0.25, -0.2) is 0 Å². The van der Waals surface area contributed by atoms with Crippen molar-refractivity contribution < 1.29 is 0 Å². The first-order valence-corrected chi connectivity index (χ1v) is 105. The summed E-state index contributed by atoms with van der Waals surface area (Å²) in [6.07, 6.45) is 0. The fourth-order valence-electron chi connectivity index (χ4n) is 0. The molecule has 0 aliphatic heterocycles. The Morgan fingerprint density at radius 3 is 1.25 bits per heavy atom. The summed E-state index contributed by atoms with van der Waals surface area (Å²) in [6.45, 7) is 0. The summed E-state index contributed by atoms with van der Waals surface area (Å²) in [5.74, 6) is 0. The topological polar surface area (TPSA) is 0 Å². The average molecular weight is 342 g/mol. The van der Waals surface area contributed by atoms with Gasteiger partial charge < -0.3 is 0 Å². The molecule has 0 aromatic heterocycles. The van der Waals surface area contributed by atoms with E-state index in [2.05, 4.69) is 0 Å². The quantitative estimate of drug-likeness (QED) is 0.543. The fourth-order valence-corrected chi connectivity index (χ4v) is 0. The van der Waals surface area contributed by atoms with Gasteiger partial charge in [-0.15, -0.1) is 0 Å². The van der Waals surface area contributed by atoms with Crippen LogP contribution in [0.25, 0.3) is 0 Å². The summed E-state index contributed by atoms with van der Waals surface area (Å²) >= 11 is 2.74. The normalized spacial score (nSPS) is 8.00. The third kappa shape index (κ3) is 9.22. The van der Waals surface area contributed by atoms with Crippen molar-refractivity contribution in [1.82, 2.24) is 0 Å². The van der Waals surface area contributed by atoms with Gasteiger partial charge in [0.25, 0.3) is 0 Å². The second-order valence-electron chi connectivity index (χ2n) is 2.00. The molecule has 0 unspecified atom stereocenters. The Labute approximate surface area is 76.6 Å². The average Bonchev–Trinajstić information content (AvgIpc) is 1.37. The summed E-state index contributed by atoms with van der Waals surface area (Å²) in [5, 5.41) is 0. The number of hydrogen-bond donors (Lipinski definition) is 0. The van der Waals surface area contributed by atoms with Gasteiger partial charge in [0.1, 0.15) is 0 Å². The van der Waals surface area contributed by atoms with E-state index in [1.807, 2.05) is 0 Å². The minimum absolute atomic E-state index is 0.371. The van der Waals surface area contributed by atoms with E-state index < -0.39 is 0 Å². The van der Waals surface area contributed by atoms with Crippen LogP contribution in [0.1, 0.15) is 0 Å². The van der Waals surface area contributed by atoms with Crippen molar-refractivity contribution >= 4 is 86.8 Å². The summed E-state index contributed by atoms with van der Waals surface area (Å²) < 4.78 is 0. The molecule has 4 heteroatoms. The van der Waals surface area contributed by atoms with E-state index in [4.69, 9.17) is 0 Å². The van der Waals surface area contributed by atoms with E-state index in [0.717, 1.165) is 0 Å². The Morgan fingerprint density at radius 1 is 1.00 bits per heavy atom. The SMILES string of the molecule is [Rb][Rb][Rb][Rb]. The van der Waals surface area contributed by atoms with Crippen molar-refractivity contribution in [1.29, 1.82) is 0 Å². The van der Waals surface area contributed by atoms with Gasteiger partial charge in [0.2, 0.25) is 0 Å². The Kier molecular flexibility index (Phi) is 28.7. The second-order valence-corrected chi connectivity index (χ2v) is 414. The Bertz CT molecular complexity index is 2.00. The first-order chi connectivity index (χ1) is 1.91. The van der Waals surface area contributed by atoms with Crippen LogP contribution in [-0.4, -0.2) is 86.8 Å². The van der Waals surface area contributed by atoms with E-state index in [-0.39, 0.29) is 0 Å². The van der Waals surface area contributed by atoms with Gasteiger partial charge in [0.15, 0.2) is 0 Å². The molecule has 10 radical (unpaired) electrons. The molecule has 4 heavy (non-hydrogen) atoms. The first kappa shape index (κ1) is 11.2. The third-order valence-electron chi connectivity index (χ3n) is 1.00. The molecule has 0 heterocycles. The Balaban J connectivity index is 1.97. The number of hydrogen-bond acceptors (Lipinski definition) is 0. The van der Waals surface area contributed by atoms with Gasteiger partial charge in [-0.3, -0.25) is 0 Å². The van der Waals surface area contributed by atoms with Crippen LogP contribution in [0.5, 0.6) is 0 Å². The number of rotatable bonds is 1. The second kappa shape index (κ2) is 10.2. The van der Waals surface area contributed by atoms with Crippen molar-refractivity contribution in [3.8, 4) is 0 Å². The molecule has 0 amide bonds. The van der Waals surface area contributed by atoms with Gasteiger partial charge >= 0.3 is 86.8 Å². The van der Waals surface area contributed by atoms with Crippen LogP contribution in [-0.2, 0) is 0 Å². The molecule has 0 aliphatic rings. The zero-order valence-electron chi connectivity index (χ0n) is 4.00. The first-order valence-electron chi connectivity index (χ1n) is 3.00. The van der Waals surface area contributed by atoms with E-state index in [9.17, 15) is 0 Å². The van der Waals surface area contributed by atoms with Crippen LogP contribution in [0.3, 0.4) is 0 Å². The summed E-state index contributed by atoms with van der Waals surface area (Å²) in [4.78, 5) is 0. The van der Waals surface area contributed by atoms with Crippen molar-refractivity contribution in [3.63, 3.8) is 0 Å². The van der Waals surface area contributed by atoms with E-state index in [1.165, 1.54) is 67.7 Å². The van der Waals surface area contributed by atoms with Crippen LogP contribution in [0.4, 0.5) is 0 Å². The molecule has 0 spiro atoms. The molecule has 0 aromatic rings. The van der Waals surface area contributed by atoms with Crippen molar-refractivity contribution in [3.05, 3.63) is 0 Å². The van der Waals surface area contributed by atoms with Gasteiger partial charge in [-0.05, 0) is 0 Å². The molecule has 0 saturated heterocycles. The summed E-state index contributed by atoms with van der Waals surface area (Å²) in [6, 6.07) is 0. The van der Waals surface area contributed by atoms with Crippen molar-refractivity contribution in [2.45, 2.75) is 0 Å². The van der Waals surface area contributed by atoms with E-state index >= 15 is 0 Å². The Morgan fingerprint density at radius 2 is 1.25 bits per heavy atom. The van der Waals surface area contributed by atoms with Gasteiger partial charge in [-0.2, -0.15) is 0 Å². The molecule has 0 fully saturated rings. The molecule has 0 bridgehead atoms. The van der Waals surface area contributed by atoms with Crippen LogP contribution in [0.2, 0.25) is 0 Å². The zero-order chi connectivity index (χ0) is 3.41. The zero-order valence-corrected chi connectivity index (χ0v) is 23.7. The summed E-state index contributed by atoms with van der Waals surface area (Å²) in [7, 11) is 0.741. The minimum atomic E-state index is 0.371. The molecule has 4 valence electrons. The molecule has 0 aromatic carbocycles. The van der Waals surface area contributed by atoms with E-state index in [1.54, 1.807) is 0 Å². The third-order valence-corrected chi connectivity index (χ3v) is 1220. The molecule has 0 atom stereocenters. The monoisotopic (exact) mass is 340 g/mol. The maximum absolute atomic E-state index is 1.37. The Hall–Kier alpha value is 7.22. The predicted octanol–water partition coefficient (Wildman–Crippen LogP) is -1.52. The maximum atomic E-state index is 1.37. The molecule has 0 nitrogen and oxygen atoms in total. The molecular weight excluding hydrogens is 342 g/mol. The van der Waals surface area contributed by atoms with Gasteiger partial charge in [0.05, 0.1) is 0 Å².